The molecule has 0 heterocycles. The molecule has 0 aromatic heterocycles. The van der Waals surface area contributed by atoms with E-state index in [1.165, 1.54) is 44.9 Å². The van der Waals surface area contributed by atoms with Gasteiger partial charge >= 0.3 is 0 Å². The van der Waals surface area contributed by atoms with Crippen molar-refractivity contribution in [2.75, 3.05) is 0 Å². The fourth-order valence-corrected chi connectivity index (χ4v) is 2.07. The molecule has 0 amide bonds. The van der Waals surface area contributed by atoms with Crippen molar-refractivity contribution in [2.45, 2.75) is 80.1 Å². The summed E-state index contributed by atoms with van der Waals surface area (Å²) in [5.74, 6) is 1.99. The van der Waals surface area contributed by atoms with Gasteiger partial charge in [-0.15, -0.1) is 0 Å². The summed E-state index contributed by atoms with van der Waals surface area (Å²) in [5.41, 5.74) is 0. The van der Waals surface area contributed by atoms with Crippen LogP contribution in [0.5, 0.6) is 0 Å². The molecule has 0 nitrogen and oxygen atoms in total. The largest absolute Gasteiger partial charge is 0.0776 e. The van der Waals surface area contributed by atoms with Crippen LogP contribution in [0.2, 0.25) is 0 Å². The number of unbranched alkanes of at least 4 members (excludes halogenated alkanes) is 1. The van der Waals surface area contributed by atoms with Crippen LogP contribution < -0.4 is 0 Å². The molecule has 0 rings (SSSR count). The Morgan fingerprint density at radius 3 is 1.64 bits per heavy atom. The van der Waals surface area contributed by atoms with Crippen LogP contribution >= 0.6 is 0 Å². The van der Waals surface area contributed by atoms with Crippen LogP contribution in [0, 0.1) is 11.8 Å². The first-order valence-corrected chi connectivity index (χ1v) is 6.28. The van der Waals surface area contributed by atoms with Crippen LogP contribution in [0.25, 0.3) is 0 Å². The van der Waals surface area contributed by atoms with Gasteiger partial charge in [0, 0.05) is 0 Å². The summed E-state index contributed by atoms with van der Waals surface area (Å²) < 4.78 is 0. The first-order chi connectivity index (χ1) is 6.28. The minimum absolute atomic E-state index is 0. The molecule has 1 atom stereocenters. The fourth-order valence-electron chi connectivity index (χ4n) is 2.07. The molecule has 0 saturated carbocycles. The minimum Gasteiger partial charge on any atom is -0.0776 e. The molecule has 0 aliphatic rings. The van der Waals surface area contributed by atoms with E-state index in [2.05, 4.69) is 27.7 Å². The van der Waals surface area contributed by atoms with Gasteiger partial charge in [0.2, 0.25) is 0 Å². The molecule has 0 radical (unpaired) electrons. The van der Waals surface area contributed by atoms with Crippen LogP contribution in [0.3, 0.4) is 0 Å². The Hall–Kier alpha value is 0. The van der Waals surface area contributed by atoms with Crippen LogP contribution in [-0.2, 0) is 0 Å². The standard InChI is InChI=1S/C13H28.CH4/c1-5-9-10-13(8-4)11-12(6-2)7-3;/h12-13H,5-11H2,1-4H3;1H4/t13-;/m0./s1. The van der Waals surface area contributed by atoms with Gasteiger partial charge in [-0.3, -0.25) is 0 Å². The van der Waals surface area contributed by atoms with E-state index in [1.54, 1.807) is 0 Å². The maximum Gasteiger partial charge on any atom is -0.0414 e. The third kappa shape index (κ3) is 7.41. The van der Waals surface area contributed by atoms with Gasteiger partial charge in [0.25, 0.3) is 0 Å². The molecule has 0 unspecified atom stereocenters. The second-order valence-electron chi connectivity index (χ2n) is 4.33. The van der Waals surface area contributed by atoms with Crippen molar-refractivity contribution in [3.63, 3.8) is 0 Å². The molecule has 0 aliphatic carbocycles. The van der Waals surface area contributed by atoms with Crippen molar-refractivity contribution in [1.29, 1.82) is 0 Å². The van der Waals surface area contributed by atoms with E-state index in [9.17, 15) is 0 Å². The fraction of sp³-hybridized carbons (Fsp3) is 1.00. The second kappa shape index (κ2) is 11.1. The molecule has 88 valence electrons. The summed E-state index contributed by atoms with van der Waals surface area (Å²) in [6.45, 7) is 9.31. The van der Waals surface area contributed by atoms with Crippen LogP contribution in [0.4, 0.5) is 0 Å². The number of hydrogen-bond donors (Lipinski definition) is 0. The molecule has 14 heavy (non-hydrogen) atoms. The number of hydrogen-bond acceptors (Lipinski definition) is 0. The first kappa shape index (κ1) is 16.4. The van der Waals surface area contributed by atoms with Crippen molar-refractivity contribution in [3.8, 4) is 0 Å². The zero-order valence-corrected chi connectivity index (χ0v) is 10.1. The summed E-state index contributed by atoms with van der Waals surface area (Å²) in [6.07, 6.45) is 9.86. The topological polar surface area (TPSA) is 0 Å². The average Bonchev–Trinajstić information content (AvgIpc) is 2.19. The van der Waals surface area contributed by atoms with Gasteiger partial charge in [0.1, 0.15) is 0 Å². The lowest BCUT2D eigenvalue weighted by Gasteiger charge is -2.20. The first-order valence-electron chi connectivity index (χ1n) is 6.28. The highest BCUT2D eigenvalue weighted by atomic mass is 14.2. The Labute approximate surface area is 92.5 Å². The summed E-state index contributed by atoms with van der Waals surface area (Å²) in [4.78, 5) is 0. The lowest BCUT2D eigenvalue weighted by atomic mass is 9.86. The lowest BCUT2D eigenvalue weighted by Crippen LogP contribution is -2.07. The third-order valence-corrected chi connectivity index (χ3v) is 3.36. The Morgan fingerprint density at radius 1 is 0.786 bits per heavy atom. The van der Waals surface area contributed by atoms with Crippen molar-refractivity contribution < 1.29 is 0 Å². The molecule has 0 saturated heterocycles. The Kier molecular flexibility index (Phi) is 13.0. The molecule has 0 bridgehead atoms. The van der Waals surface area contributed by atoms with E-state index < -0.39 is 0 Å². The zero-order valence-electron chi connectivity index (χ0n) is 10.1. The summed E-state index contributed by atoms with van der Waals surface area (Å²) >= 11 is 0. The van der Waals surface area contributed by atoms with Crippen molar-refractivity contribution in [2.24, 2.45) is 11.8 Å². The highest BCUT2D eigenvalue weighted by Gasteiger charge is 2.11. The molecule has 0 heteroatoms. The van der Waals surface area contributed by atoms with E-state index in [4.69, 9.17) is 0 Å². The maximum absolute atomic E-state index is 2.35. The lowest BCUT2D eigenvalue weighted by molar-refractivity contribution is 0.324. The van der Waals surface area contributed by atoms with Gasteiger partial charge in [-0.25, -0.2) is 0 Å². The van der Waals surface area contributed by atoms with Gasteiger partial charge in [0.15, 0.2) is 0 Å². The predicted molar refractivity (Wildman–Crippen MR) is 68.7 cm³/mol. The highest BCUT2D eigenvalue weighted by Crippen LogP contribution is 2.25. The average molecular weight is 200 g/mol. The molecule has 0 fully saturated rings. The summed E-state index contributed by atoms with van der Waals surface area (Å²) in [7, 11) is 0. The smallest absolute Gasteiger partial charge is 0.0414 e. The van der Waals surface area contributed by atoms with E-state index in [1.807, 2.05) is 0 Å². The molecule has 0 aromatic carbocycles. The Morgan fingerprint density at radius 2 is 1.29 bits per heavy atom. The minimum atomic E-state index is 0. The Bertz CT molecular complexity index is 92.2. The molecule has 0 N–H and O–H groups in total. The van der Waals surface area contributed by atoms with Crippen LogP contribution in [0.15, 0.2) is 0 Å². The Balaban J connectivity index is 0. The van der Waals surface area contributed by atoms with Gasteiger partial charge in [-0.05, 0) is 18.3 Å². The molecule has 0 aromatic rings. The number of rotatable bonds is 8. The van der Waals surface area contributed by atoms with Crippen LogP contribution in [0.1, 0.15) is 80.1 Å². The van der Waals surface area contributed by atoms with Gasteiger partial charge < -0.3 is 0 Å². The van der Waals surface area contributed by atoms with E-state index in [-0.39, 0.29) is 7.43 Å². The molecule has 0 spiro atoms. The molecule has 0 aliphatic heterocycles. The highest BCUT2D eigenvalue weighted by molar-refractivity contribution is 4.63. The quantitative estimate of drug-likeness (QED) is 0.474. The maximum atomic E-state index is 2.35. The zero-order chi connectivity index (χ0) is 10.1. The van der Waals surface area contributed by atoms with Crippen LogP contribution in [-0.4, -0.2) is 0 Å². The van der Waals surface area contributed by atoms with Gasteiger partial charge in [0.05, 0.1) is 0 Å². The van der Waals surface area contributed by atoms with Gasteiger partial charge in [-0.1, -0.05) is 73.6 Å². The normalized spacial score (nSPS) is 12.6. The van der Waals surface area contributed by atoms with E-state index in [0.29, 0.717) is 0 Å². The van der Waals surface area contributed by atoms with Crippen molar-refractivity contribution in [1.82, 2.24) is 0 Å². The summed E-state index contributed by atoms with van der Waals surface area (Å²) in [5, 5.41) is 0. The van der Waals surface area contributed by atoms with E-state index in [0.717, 1.165) is 11.8 Å². The van der Waals surface area contributed by atoms with Crippen molar-refractivity contribution >= 4 is 0 Å². The van der Waals surface area contributed by atoms with Gasteiger partial charge in [-0.2, -0.15) is 0 Å². The summed E-state index contributed by atoms with van der Waals surface area (Å²) in [6, 6.07) is 0. The third-order valence-electron chi connectivity index (χ3n) is 3.36. The van der Waals surface area contributed by atoms with Crippen molar-refractivity contribution in [3.05, 3.63) is 0 Å². The molecular weight excluding hydrogens is 168 g/mol. The second-order valence-corrected chi connectivity index (χ2v) is 4.33. The molecular formula is C14H32. The predicted octanol–water partition coefficient (Wildman–Crippen LogP) is 5.67. The monoisotopic (exact) mass is 200 g/mol. The van der Waals surface area contributed by atoms with E-state index >= 15 is 0 Å². The SMILES string of the molecule is C.CCCC[C@H](CC)CC(CC)CC.